The smallest absolute Gasteiger partial charge is 0.329 e. The minimum Gasteiger partial charge on any atom is -0.480 e. The van der Waals surface area contributed by atoms with Crippen molar-refractivity contribution in [2.24, 2.45) is 0 Å². The van der Waals surface area contributed by atoms with Gasteiger partial charge >= 0.3 is 5.97 Å². The number of hydrogen-bond donors (Lipinski definition) is 1. The van der Waals surface area contributed by atoms with E-state index in [1.54, 1.807) is 19.1 Å². The largest absolute Gasteiger partial charge is 0.480 e. The van der Waals surface area contributed by atoms with Crippen molar-refractivity contribution in [3.63, 3.8) is 0 Å². The maximum atomic E-state index is 12.5. The molecule has 1 atom stereocenters. The van der Waals surface area contributed by atoms with Gasteiger partial charge in [0.05, 0.1) is 6.10 Å². The van der Waals surface area contributed by atoms with Crippen LogP contribution in [0.5, 0.6) is 0 Å². The molecular formula is C10H11FO3. The third-order valence-electron chi connectivity index (χ3n) is 1.80. The minimum absolute atomic E-state index is 0.320. The van der Waals surface area contributed by atoms with Crippen LogP contribution in [-0.2, 0) is 9.53 Å². The van der Waals surface area contributed by atoms with Crippen LogP contribution in [0.25, 0.3) is 0 Å². The van der Waals surface area contributed by atoms with Gasteiger partial charge in [-0.2, -0.15) is 0 Å². The first-order valence-corrected chi connectivity index (χ1v) is 4.18. The fourth-order valence-electron chi connectivity index (χ4n) is 1.03. The van der Waals surface area contributed by atoms with E-state index in [9.17, 15) is 9.18 Å². The lowest BCUT2D eigenvalue weighted by atomic mass is 10.1. The predicted octanol–water partition coefficient (Wildman–Crippen LogP) is 1.99. The molecule has 0 saturated heterocycles. The van der Waals surface area contributed by atoms with Crippen molar-refractivity contribution in [1.82, 2.24) is 0 Å². The second-order valence-corrected chi connectivity index (χ2v) is 2.90. The number of aliphatic carboxylic acids is 1. The molecule has 0 saturated carbocycles. The average molecular weight is 198 g/mol. The second-order valence-electron chi connectivity index (χ2n) is 2.90. The lowest BCUT2D eigenvalue weighted by Gasteiger charge is -2.11. The summed E-state index contributed by atoms with van der Waals surface area (Å²) >= 11 is 0. The van der Waals surface area contributed by atoms with Crippen LogP contribution in [0.3, 0.4) is 0 Å². The second kappa shape index (κ2) is 4.72. The first-order valence-electron chi connectivity index (χ1n) is 4.18. The van der Waals surface area contributed by atoms with E-state index in [2.05, 4.69) is 0 Å². The number of benzene rings is 1. The molecule has 0 bridgehead atoms. The summed E-state index contributed by atoms with van der Waals surface area (Å²) in [5.41, 5.74) is 0.757. The van der Waals surface area contributed by atoms with Crippen LogP contribution in [0.15, 0.2) is 24.3 Å². The SMILES string of the molecule is CC(OCC(=O)O)c1ccc(F)cc1. The molecule has 0 aliphatic carbocycles. The average Bonchev–Trinajstić information content (AvgIpc) is 2.15. The predicted molar refractivity (Wildman–Crippen MR) is 48.4 cm³/mol. The van der Waals surface area contributed by atoms with E-state index in [4.69, 9.17) is 9.84 Å². The first kappa shape index (κ1) is 10.7. The summed E-state index contributed by atoms with van der Waals surface area (Å²) in [6.45, 7) is 1.37. The van der Waals surface area contributed by atoms with Crippen LogP contribution in [0.4, 0.5) is 4.39 Å². The van der Waals surface area contributed by atoms with Crippen molar-refractivity contribution >= 4 is 5.97 Å². The van der Waals surface area contributed by atoms with E-state index in [1.807, 2.05) is 0 Å². The molecule has 0 fully saturated rings. The molecule has 0 aliphatic rings. The Bertz CT molecular complexity index is 308. The van der Waals surface area contributed by atoms with E-state index in [0.29, 0.717) is 0 Å². The molecule has 0 spiro atoms. The molecule has 0 amide bonds. The highest BCUT2D eigenvalue weighted by Gasteiger charge is 2.07. The van der Waals surface area contributed by atoms with Crippen molar-refractivity contribution < 1.29 is 19.0 Å². The zero-order valence-electron chi connectivity index (χ0n) is 7.74. The van der Waals surface area contributed by atoms with Gasteiger partial charge in [-0.25, -0.2) is 9.18 Å². The lowest BCUT2D eigenvalue weighted by molar-refractivity contribution is -0.144. The molecule has 4 heteroatoms. The number of ether oxygens (including phenoxy) is 1. The van der Waals surface area contributed by atoms with Crippen LogP contribution >= 0.6 is 0 Å². The molecule has 1 N–H and O–H groups in total. The van der Waals surface area contributed by atoms with E-state index in [1.165, 1.54) is 12.1 Å². The lowest BCUT2D eigenvalue weighted by Crippen LogP contribution is -2.09. The molecule has 0 heterocycles. The molecular weight excluding hydrogens is 187 g/mol. The Morgan fingerprint density at radius 2 is 2.07 bits per heavy atom. The van der Waals surface area contributed by atoms with Crippen LogP contribution in [-0.4, -0.2) is 17.7 Å². The number of rotatable bonds is 4. The zero-order valence-corrected chi connectivity index (χ0v) is 7.74. The van der Waals surface area contributed by atoms with Gasteiger partial charge in [-0.05, 0) is 24.6 Å². The molecule has 0 aliphatic heterocycles. The normalized spacial score (nSPS) is 12.4. The molecule has 14 heavy (non-hydrogen) atoms. The zero-order chi connectivity index (χ0) is 10.6. The fraction of sp³-hybridized carbons (Fsp3) is 0.300. The highest BCUT2D eigenvalue weighted by molar-refractivity contribution is 5.68. The summed E-state index contributed by atoms with van der Waals surface area (Å²) in [5.74, 6) is -1.34. The topological polar surface area (TPSA) is 46.5 Å². The Balaban J connectivity index is 2.56. The number of carbonyl (C=O) groups is 1. The van der Waals surface area contributed by atoms with Crippen molar-refractivity contribution in [2.45, 2.75) is 13.0 Å². The Morgan fingerprint density at radius 3 is 2.57 bits per heavy atom. The number of hydrogen-bond acceptors (Lipinski definition) is 2. The van der Waals surface area contributed by atoms with E-state index < -0.39 is 5.97 Å². The maximum absolute atomic E-state index is 12.5. The van der Waals surface area contributed by atoms with Gasteiger partial charge in [0, 0.05) is 0 Å². The van der Waals surface area contributed by atoms with E-state index in [-0.39, 0.29) is 18.5 Å². The Morgan fingerprint density at radius 1 is 1.50 bits per heavy atom. The van der Waals surface area contributed by atoms with Gasteiger partial charge in [0.15, 0.2) is 0 Å². The maximum Gasteiger partial charge on any atom is 0.329 e. The summed E-state index contributed by atoms with van der Waals surface area (Å²) in [4.78, 5) is 10.2. The molecule has 0 aromatic heterocycles. The third-order valence-corrected chi connectivity index (χ3v) is 1.80. The van der Waals surface area contributed by atoms with Gasteiger partial charge in [0.25, 0.3) is 0 Å². The van der Waals surface area contributed by atoms with Gasteiger partial charge in [0.1, 0.15) is 12.4 Å². The Labute approximate surface area is 81.1 Å². The van der Waals surface area contributed by atoms with Gasteiger partial charge < -0.3 is 9.84 Å². The van der Waals surface area contributed by atoms with Crippen molar-refractivity contribution in [3.05, 3.63) is 35.6 Å². The van der Waals surface area contributed by atoms with Gasteiger partial charge in [0.2, 0.25) is 0 Å². The fourth-order valence-corrected chi connectivity index (χ4v) is 1.03. The quantitative estimate of drug-likeness (QED) is 0.804. The van der Waals surface area contributed by atoms with E-state index in [0.717, 1.165) is 5.56 Å². The summed E-state index contributed by atoms with van der Waals surface area (Å²) in [7, 11) is 0. The Hall–Kier alpha value is -1.42. The third kappa shape index (κ3) is 3.14. The highest BCUT2D eigenvalue weighted by Crippen LogP contribution is 2.16. The Kier molecular flexibility index (Phi) is 3.59. The molecule has 1 aromatic rings. The standard InChI is InChI=1S/C10H11FO3/c1-7(14-6-10(12)13)8-2-4-9(11)5-3-8/h2-5,7H,6H2,1H3,(H,12,13). The van der Waals surface area contributed by atoms with Gasteiger partial charge in [-0.3, -0.25) is 0 Å². The van der Waals surface area contributed by atoms with Crippen molar-refractivity contribution in [2.75, 3.05) is 6.61 Å². The van der Waals surface area contributed by atoms with Crippen LogP contribution in [0, 0.1) is 5.82 Å². The molecule has 1 unspecified atom stereocenters. The molecule has 1 aromatic carbocycles. The summed E-state index contributed by atoms with van der Waals surface area (Å²) in [6, 6.07) is 5.77. The van der Waals surface area contributed by atoms with Gasteiger partial charge in [-0.1, -0.05) is 12.1 Å². The molecule has 3 nitrogen and oxygen atoms in total. The van der Waals surface area contributed by atoms with E-state index >= 15 is 0 Å². The molecule has 0 radical (unpaired) electrons. The van der Waals surface area contributed by atoms with Gasteiger partial charge in [-0.15, -0.1) is 0 Å². The van der Waals surface area contributed by atoms with Crippen molar-refractivity contribution in [1.29, 1.82) is 0 Å². The van der Waals surface area contributed by atoms with Crippen molar-refractivity contribution in [3.8, 4) is 0 Å². The number of carboxylic acids is 1. The number of halogens is 1. The summed E-state index contributed by atoms with van der Waals surface area (Å²) < 4.78 is 17.5. The summed E-state index contributed by atoms with van der Waals surface area (Å²) in [5, 5.41) is 8.37. The minimum atomic E-state index is -1.01. The van der Waals surface area contributed by atoms with Crippen LogP contribution in [0.2, 0.25) is 0 Å². The highest BCUT2D eigenvalue weighted by atomic mass is 19.1. The molecule has 1 rings (SSSR count). The monoisotopic (exact) mass is 198 g/mol. The summed E-state index contributed by atoms with van der Waals surface area (Å²) in [6.07, 6.45) is -0.341. The van der Waals surface area contributed by atoms with Crippen LogP contribution in [0.1, 0.15) is 18.6 Å². The number of carboxylic acid groups (broad SMARTS) is 1. The first-order chi connectivity index (χ1) is 6.59. The van der Waals surface area contributed by atoms with Crippen LogP contribution < -0.4 is 0 Å². The molecule has 76 valence electrons.